The zero-order valence-corrected chi connectivity index (χ0v) is 16.8. The molecule has 0 radical (unpaired) electrons. The summed E-state index contributed by atoms with van der Waals surface area (Å²) >= 11 is 0. The SMILES string of the molecule is COc1ccc(CN)c(F)c1-c1cc2c(cc1C)C(C)(C)CCC2(C)C. The first-order chi connectivity index (χ1) is 12.1. The molecule has 1 aliphatic carbocycles. The second kappa shape index (κ2) is 6.38. The van der Waals surface area contributed by atoms with Gasteiger partial charge in [0, 0.05) is 12.1 Å². The number of methoxy groups -OCH3 is 1. The van der Waals surface area contributed by atoms with Crippen LogP contribution in [0.15, 0.2) is 24.3 Å². The van der Waals surface area contributed by atoms with Crippen LogP contribution in [-0.4, -0.2) is 7.11 Å². The van der Waals surface area contributed by atoms with E-state index in [9.17, 15) is 0 Å². The summed E-state index contributed by atoms with van der Waals surface area (Å²) in [7, 11) is 1.58. The number of halogens is 1. The molecule has 0 saturated heterocycles. The summed E-state index contributed by atoms with van der Waals surface area (Å²) in [6.45, 7) is 11.4. The van der Waals surface area contributed by atoms with Gasteiger partial charge in [0.2, 0.25) is 0 Å². The van der Waals surface area contributed by atoms with Crippen LogP contribution in [0.2, 0.25) is 0 Å². The van der Waals surface area contributed by atoms with Crippen molar-refractivity contribution < 1.29 is 9.13 Å². The van der Waals surface area contributed by atoms with Gasteiger partial charge < -0.3 is 10.5 Å². The van der Waals surface area contributed by atoms with E-state index in [1.807, 2.05) is 6.07 Å². The lowest BCUT2D eigenvalue weighted by Gasteiger charge is -2.42. The third-order valence-corrected chi connectivity index (χ3v) is 6.09. The second-order valence-corrected chi connectivity index (χ2v) is 8.80. The molecule has 0 bridgehead atoms. The van der Waals surface area contributed by atoms with Crippen molar-refractivity contribution >= 4 is 0 Å². The Morgan fingerprint density at radius 3 is 2.15 bits per heavy atom. The molecule has 0 aliphatic heterocycles. The molecule has 3 heteroatoms. The smallest absolute Gasteiger partial charge is 0.139 e. The number of aryl methyl sites for hydroxylation is 1. The van der Waals surface area contributed by atoms with Crippen LogP contribution >= 0.6 is 0 Å². The molecule has 0 heterocycles. The molecule has 2 aromatic carbocycles. The highest BCUT2D eigenvalue weighted by molar-refractivity contribution is 5.76. The zero-order chi connectivity index (χ0) is 19.3. The lowest BCUT2D eigenvalue weighted by atomic mass is 9.62. The highest BCUT2D eigenvalue weighted by Gasteiger charge is 2.37. The summed E-state index contributed by atoms with van der Waals surface area (Å²) in [5, 5.41) is 0. The van der Waals surface area contributed by atoms with Crippen LogP contribution in [0.3, 0.4) is 0 Å². The Morgan fingerprint density at radius 2 is 1.62 bits per heavy atom. The van der Waals surface area contributed by atoms with Crippen molar-refractivity contribution in [1.82, 2.24) is 0 Å². The molecule has 0 unspecified atom stereocenters. The van der Waals surface area contributed by atoms with Crippen molar-refractivity contribution in [3.8, 4) is 16.9 Å². The monoisotopic (exact) mass is 355 g/mol. The molecule has 2 aromatic rings. The summed E-state index contributed by atoms with van der Waals surface area (Å²) < 4.78 is 20.7. The number of hydrogen-bond donors (Lipinski definition) is 1. The molecule has 2 N–H and O–H groups in total. The quantitative estimate of drug-likeness (QED) is 0.776. The molecule has 26 heavy (non-hydrogen) atoms. The number of hydrogen-bond acceptors (Lipinski definition) is 2. The van der Waals surface area contributed by atoms with Crippen LogP contribution in [0.4, 0.5) is 4.39 Å². The summed E-state index contributed by atoms with van der Waals surface area (Å²) in [6, 6.07) is 7.96. The van der Waals surface area contributed by atoms with Crippen molar-refractivity contribution in [2.45, 2.75) is 64.8 Å². The fraction of sp³-hybridized carbons (Fsp3) is 0.478. The van der Waals surface area contributed by atoms with Crippen LogP contribution in [0.1, 0.15) is 62.8 Å². The van der Waals surface area contributed by atoms with Crippen LogP contribution in [-0.2, 0) is 17.4 Å². The molecule has 0 saturated carbocycles. The Labute approximate surface area is 156 Å². The van der Waals surface area contributed by atoms with E-state index < -0.39 is 0 Å². The minimum Gasteiger partial charge on any atom is -0.496 e. The van der Waals surface area contributed by atoms with E-state index in [0.717, 1.165) is 24.0 Å². The van der Waals surface area contributed by atoms with Crippen molar-refractivity contribution in [3.63, 3.8) is 0 Å². The number of benzene rings is 2. The fourth-order valence-corrected chi connectivity index (χ4v) is 4.17. The minimum absolute atomic E-state index is 0.0719. The normalized spacial score (nSPS) is 17.7. The number of nitrogens with two attached hydrogens (primary N) is 1. The molecule has 0 fully saturated rings. The van der Waals surface area contributed by atoms with E-state index in [1.54, 1.807) is 13.2 Å². The molecule has 1 aliphatic rings. The lowest BCUT2D eigenvalue weighted by molar-refractivity contribution is 0.332. The van der Waals surface area contributed by atoms with Gasteiger partial charge >= 0.3 is 0 Å². The molecular formula is C23H30FNO. The van der Waals surface area contributed by atoms with E-state index in [4.69, 9.17) is 10.5 Å². The number of ether oxygens (including phenoxy) is 1. The van der Waals surface area contributed by atoms with Crippen LogP contribution in [0.25, 0.3) is 11.1 Å². The fourth-order valence-electron chi connectivity index (χ4n) is 4.17. The van der Waals surface area contributed by atoms with Gasteiger partial charge in [-0.1, -0.05) is 39.8 Å². The maximum atomic E-state index is 15.2. The predicted octanol–water partition coefficient (Wildman–Crippen LogP) is 5.62. The maximum Gasteiger partial charge on any atom is 0.139 e. The van der Waals surface area contributed by atoms with E-state index in [2.05, 4.69) is 46.8 Å². The predicted molar refractivity (Wildman–Crippen MR) is 106 cm³/mol. The van der Waals surface area contributed by atoms with E-state index >= 15 is 4.39 Å². The summed E-state index contributed by atoms with van der Waals surface area (Å²) in [6.07, 6.45) is 2.28. The summed E-state index contributed by atoms with van der Waals surface area (Å²) in [5.41, 5.74) is 11.6. The molecule has 0 amide bonds. The maximum absolute atomic E-state index is 15.2. The second-order valence-electron chi connectivity index (χ2n) is 8.80. The highest BCUT2D eigenvalue weighted by atomic mass is 19.1. The molecule has 2 nitrogen and oxygen atoms in total. The van der Waals surface area contributed by atoms with Crippen molar-refractivity contribution in [3.05, 3.63) is 52.3 Å². The third kappa shape index (κ3) is 2.92. The van der Waals surface area contributed by atoms with E-state index in [0.29, 0.717) is 16.9 Å². The van der Waals surface area contributed by atoms with Gasteiger partial charge in [-0.2, -0.15) is 0 Å². The Bertz CT molecular complexity index is 852. The molecule has 3 rings (SSSR count). The van der Waals surface area contributed by atoms with Gasteiger partial charge in [-0.05, 0) is 65.0 Å². The van der Waals surface area contributed by atoms with Gasteiger partial charge in [0.05, 0.1) is 12.7 Å². The van der Waals surface area contributed by atoms with Gasteiger partial charge in [-0.25, -0.2) is 4.39 Å². The third-order valence-electron chi connectivity index (χ3n) is 6.09. The largest absolute Gasteiger partial charge is 0.496 e. The zero-order valence-electron chi connectivity index (χ0n) is 16.8. The van der Waals surface area contributed by atoms with Crippen LogP contribution < -0.4 is 10.5 Å². The van der Waals surface area contributed by atoms with Crippen molar-refractivity contribution in [1.29, 1.82) is 0 Å². The van der Waals surface area contributed by atoms with Crippen molar-refractivity contribution in [2.24, 2.45) is 5.73 Å². The Hall–Kier alpha value is -1.87. The summed E-state index contributed by atoms with van der Waals surface area (Å²) in [5.74, 6) is 0.276. The van der Waals surface area contributed by atoms with Gasteiger partial charge in [-0.15, -0.1) is 0 Å². The Balaban J connectivity index is 2.33. The van der Waals surface area contributed by atoms with Gasteiger partial charge in [-0.3, -0.25) is 0 Å². The van der Waals surface area contributed by atoms with Crippen LogP contribution in [0.5, 0.6) is 5.75 Å². The molecule has 140 valence electrons. The topological polar surface area (TPSA) is 35.2 Å². The Morgan fingerprint density at radius 1 is 1.04 bits per heavy atom. The van der Waals surface area contributed by atoms with Crippen molar-refractivity contribution in [2.75, 3.05) is 7.11 Å². The first kappa shape index (κ1) is 18.9. The highest BCUT2D eigenvalue weighted by Crippen LogP contribution is 2.48. The van der Waals surface area contributed by atoms with Crippen LogP contribution in [0, 0.1) is 12.7 Å². The average Bonchev–Trinajstić information content (AvgIpc) is 2.59. The first-order valence-corrected chi connectivity index (χ1v) is 9.34. The first-order valence-electron chi connectivity index (χ1n) is 9.34. The van der Waals surface area contributed by atoms with Gasteiger partial charge in [0.1, 0.15) is 11.6 Å². The van der Waals surface area contributed by atoms with Gasteiger partial charge in [0.15, 0.2) is 0 Å². The minimum atomic E-state index is -0.275. The average molecular weight is 355 g/mol. The molecule has 0 spiro atoms. The lowest BCUT2D eigenvalue weighted by Crippen LogP contribution is -2.34. The molecular weight excluding hydrogens is 325 g/mol. The number of rotatable bonds is 3. The molecule has 0 aromatic heterocycles. The molecule has 0 atom stereocenters. The van der Waals surface area contributed by atoms with E-state index in [1.165, 1.54) is 11.1 Å². The van der Waals surface area contributed by atoms with Gasteiger partial charge in [0.25, 0.3) is 0 Å². The summed E-state index contributed by atoms with van der Waals surface area (Å²) in [4.78, 5) is 0. The Kier molecular flexibility index (Phi) is 4.64. The number of fused-ring (bicyclic) bond motifs is 1. The van der Waals surface area contributed by atoms with E-state index in [-0.39, 0.29) is 23.2 Å². The standard InChI is InChI=1S/C23H30FNO/c1-14-11-17-18(23(4,5)10-9-22(17,2)3)12-16(14)20-19(26-6)8-7-15(13-25)21(20)24/h7-8,11-12H,9-10,13,25H2,1-6H3.